The van der Waals surface area contributed by atoms with Crippen molar-refractivity contribution in [1.29, 1.82) is 0 Å². The SMILES string of the molecule is COc1cc2ncnc(-c3c(-c4ccccc4)n(Cc4cccc(Cl)c4)c4ccccc34)c2cc1OCCCN1CCOCC1. The average Bonchev–Trinajstić information content (AvgIpc) is 3.40. The van der Waals surface area contributed by atoms with Crippen molar-refractivity contribution >= 4 is 33.4 Å². The lowest BCUT2D eigenvalue weighted by Crippen LogP contribution is -2.37. The average molecular weight is 619 g/mol. The van der Waals surface area contributed by atoms with Crippen LogP contribution in [0.3, 0.4) is 0 Å². The van der Waals surface area contributed by atoms with Gasteiger partial charge < -0.3 is 18.8 Å². The number of benzene rings is 4. The standard InChI is InChI=1S/C37H35ClN4O3/c1-43-33-23-31-30(22-34(33)45-18-8-15-41-16-19-44-20-17-41)36(40-25-39-31)35-29-13-5-6-14-32(29)42(24-26-9-7-12-28(38)21-26)37(35)27-10-3-2-4-11-27/h2-7,9-14,21-23,25H,8,15-20,24H2,1H3. The zero-order valence-corrected chi connectivity index (χ0v) is 26.0. The second kappa shape index (κ2) is 13.3. The Morgan fingerprint density at radius 2 is 1.67 bits per heavy atom. The first-order valence-electron chi connectivity index (χ1n) is 15.4. The Bertz CT molecular complexity index is 1940. The van der Waals surface area contributed by atoms with E-state index < -0.39 is 0 Å². The van der Waals surface area contributed by atoms with Crippen molar-refractivity contribution in [2.75, 3.05) is 46.6 Å². The van der Waals surface area contributed by atoms with Crippen LogP contribution < -0.4 is 9.47 Å². The highest BCUT2D eigenvalue weighted by atomic mass is 35.5. The van der Waals surface area contributed by atoms with Crippen LogP contribution in [-0.2, 0) is 11.3 Å². The van der Waals surface area contributed by atoms with E-state index in [1.165, 1.54) is 0 Å². The molecule has 6 aromatic rings. The highest BCUT2D eigenvalue weighted by Crippen LogP contribution is 2.44. The van der Waals surface area contributed by atoms with Crippen LogP contribution in [0, 0.1) is 0 Å². The Balaban J connectivity index is 1.35. The number of rotatable bonds is 10. The molecule has 2 aromatic heterocycles. The number of hydrogen-bond donors (Lipinski definition) is 0. The highest BCUT2D eigenvalue weighted by molar-refractivity contribution is 6.30. The molecule has 0 radical (unpaired) electrons. The van der Waals surface area contributed by atoms with Crippen LogP contribution in [0.5, 0.6) is 11.5 Å². The van der Waals surface area contributed by atoms with Crippen LogP contribution in [0.15, 0.2) is 97.3 Å². The molecule has 0 spiro atoms. The van der Waals surface area contributed by atoms with Gasteiger partial charge in [0, 0.05) is 59.1 Å². The van der Waals surface area contributed by atoms with Crippen molar-refractivity contribution in [3.05, 3.63) is 108 Å². The van der Waals surface area contributed by atoms with Crippen molar-refractivity contribution in [2.45, 2.75) is 13.0 Å². The summed E-state index contributed by atoms with van der Waals surface area (Å²) in [4.78, 5) is 12.0. The number of fused-ring (bicyclic) bond motifs is 2. The molecular weight excluding hydrogens is 584 g/mol. The molecule has 228 valence electrons. The van der Waals surface area contributed by atoms with Crippen LogP contribution in [0.25, 0.3) is 44.3 Å². The van der Waals surface area contributed by atoms with Gasteiger partial charge in [0.25, 0.3) is 0 Å². The summed E-state index contributed by atoms with van der Waals surface area (Å²) in [5.41, 5.74) is 7.12. The zero-order valence-electron chi connectivity index (χ0n) is 25.3. The summed E-state index contributed by atoms with van der Waals surface area (Å²) in [5, 5.41) is 2.74. The maximum absolute atomic E-state index is 6.42. The molecular formula is C37H35ClN4O3. The number of nitrogens with zero attached hydrogens (tertiary/aromatic N) is 4. The van der Waals surface area contributed by atoms with E-state index in [1.54, 1.807) is 13.4 Å². The molecule has 0 saturated carbocycles. The Labute approximate surface area is 268 Å². The summed E-state index contributed by atoms with van der Waals surface area (Å²) in [6.07, 6.45) is 2.55. The molecule has 0 unspecified atom stereocenters. The van der Waals surface area contributed by atoms with E-state index in [1.807, 2.05) is 36.4 Å². The number of para-hydroxylation sites is 1. The molecule has 4 aromatic carbocycles. The van der Waals surface area contributed by atoms with Crippen molar-refractivity contribution in [3.8, 4) is 34.0 Å². The molecule has 0 atom stereocenters. The highest BCUT2D eigenvalue weighted by Gasteiger charge is 2.24. The minimum absolute atomic E-state index is 0.580. The number of ether oxygens (including phenoxy) is 3. The van der Waals surface area contributed by atoms with E-state index >= 15 is 0 Å². The van der Waals surface area contributed by atoms with E-state index in [4.69, 9.17) is 30.8 Å². The van der Waals surface area contributed by atoms with Crippen molar-refractivity contribution in [2.24, 2.45) is 0 Å². The third-order valence-electron chi connectivity index (χ3n) is 8.39. The van der Waals surface area contributed by atoms with Gasteiger partial charge in [-0.2, -0.15) is 0 Å². The fourth-order valence-corrected chi connectivity index (χ4v) is 6.46. The maximum atomic E-state index is 6.42. The predicted molar refractivity (Wildman–Crippen MR) is 180 cm³/mol. The molecule has 0 bridgehead atoms. The van der Waals surface area contributed by atoms with Gasteiger partial charge in [0.05, 0.1) is 43.8 Å². The number of morpholine rings is 1. The summed E-state index contributed by atoms with van der Waals surface area (Å²) in [6.45, 7) is 5.73. The summed E-state index contributed by atoms with van der Waals surface area (Å²) in [7, 11) is 1.67. The molecule has 1 saturated heterocycles. The number of halogens is 1. The Kier molecular flexibility index (Phi) is 8.65. The summed E-state index contributed by atoms with van der Waals surface area (Å²) in [5.74, 6) is 1.34. The lowest BCUT2D eigenvalue weighted by atomic mass is 9.99. The van der Waals surface area contributed by atoms with Gasteiger partial charge in [-0.25, -0.2) is 9.97 Å². The lowest BCUT2D eigenvalue weighted by molar-refractivity contribution is 0.0357. The molecule has 0 amide bonds. The van der Waals surface area contributed by atoms with Crippen LogP contribution in [0.4, 0.5) is 0 Å². The first-order chi connectivity index (χ1) is 22.2. The quantitative estimate of drug-likeness (QED) is 0.146. The van der Waals surface area contributed by atoms with E-state index in [0.717, 1.165) is 94.2 Å². The van der Waals surface area contributed by atoms with Gasteiger partial charge >= 0.3 is 0 Å². The summed E-state index contributed by atoms with van der Waals surface area (Å²) < 4.78 is 20.0. The Hall–Kier alpha value is -4.43. The molecule has 45 heavy (non-hydrogen) atoms. The van der Waals surface area contributed by atoms with Gasteiger partial charge in [-0.3, -0.25) is 4.90 Å². The van der Waals surface area contributed by atoms with Gasteiger partial charge in [0.2, 0.25) is 0 Å². The Morgan fingerprint density at radius 1 is 0.844 bits per heavy atom. The third kappa shape index (κ3) is 6.12. The third-order valence-corrected chi connectivity index (χ3v) is 8.62. The van der Waals surface area contributed by atoms with Gasteiger partial charge in [-0.15, -0.1) is 0 Å². The van der Waals surface area contributed by atoms with Crippen LogP contribution >= 0.6 is 11.6 Å². The second-order valence-corrected chi connectivity index (χ2v) is 11.7. The maximum Gasteiger partial charge on any atom is 0.162 e. The second-order valence-electron chi connectivity index (χ2n) is 11.2. The van der Waals surface area contributed by atoms with Gasteiger partial charge in [0.15, 0.2) is 11.5 Å². The molecule has 1 aliphatic heterocycles. The number of aromatic nitrogens is 3. The summed E-state index contributed by atoms with van der Waals surface area (Å²) >= 11 is 6.42. The van der Waals surface area contributed by atoms with Gasteiger partial charge in [0.1, 0.15) is 6.33 Å². The molecule has 1 fully saturated rings. The topological polar surface area (TPSA) is 61.6 Å². The molecule has 0 N–H and O–H groups in total. The van der Waals surface area contributed by atoms with E-state index in [2.05, 4.69) is 69.0 Å². The van der Waals surface area contributed by atoms with Crippen molar-refractivity contribution < 1.29 is 14.2 Å². The van der Waals surface area contributed by atoms with Crippen molar-refractivity contribution in [1.82, 2.24) is 19.4 Å². The number of hydrogen-bond acceptors (Lipinski definition) is 6. The van der Waals surface area contributed by atoms with Crippen molar-refractivity contribution in [3.63, 3.8) is 0 Å². The molecule has 0 aliphatic carbocycles. The summed E-state index contributed by atoms with van der Waals surface area (Å²) in [6, 6.07) is 31.1. The molecule has 1 aliphatic rings. The lowest BCUT2D eigenvalue weighted by Gasteiger charge is -2.26. The zero-order chi connectivity index (χ0) is 30.6. The molecule has 8 heteroatoms. The van der Waals surface area contributed by atoms with Gasteiger partial charge in [-0.05, 0) is 41.8 Å². The van der Waals surface area contributed by atoms with Crippen LogP contribution in [0.2, 0.25) is 5.02 Å². The van der Waals surface area contributed by atoms with E-state index in [0.29, 0.717) is 24.7 Å². The Morgan fingerprint density at radius 3 is 2.49 bits per heavy atom. The van der Waals surface area contributed by atoms with E-state index in [-0.39, 0.29) is 0 Å². The largest absolute Gasteiger partial charge is 0.493 e. The molecule has 7 nitrogen and oxygen atoms in total. The fraction of sp³-hybridized carbons (Fsp3) is 0.243. The molecule has 3 heterocycles. The predicted octanol–water partition coefficient (Wildman–Crippen LogP) is 7.73. The van der Waals surface area contributed by atoms with Gasteiger partial charge in [-0.1, -0.05) is 72.3 Å². The normalized spacial score (nSPS) is 13.8. The first-order valence-corrected chi connectivity index (χ1v) is 15.7. The first kappa shape index (κ1) is 29.3. The minimum atomic E-state index is 0.580. The monoisotopic (exact) mass is 618 g/mol. The molecule has 7 rings (SSSR count). The number of methoxy groups -OCH3 is 1. The van der Waals surface area contributed by atoms with Crippen LogP contribution in [-0.4, -0.2) is 66.0 Å². The van der Waals surface area contributed by atoms with Crippen LogP contribution in [0.1, 0.15) is 12.0 Å². The smallest absolute Gasteiger partial charge is 0.162 e. The van der Waals surface area contributed by atoms with E-state index in [9.17, 15) is 0 Å². The minimum Gasteiger partial charge on any atom is -0.493 e. The fourth-order valence-electron chi connectivity index (χ4n) is 6.25.